The van der Waals surface area contributed by atoms with Crippen molar-refractivity contribution in [3.63, 3.8) is 0 Å². The first-order chi connectivity index (χ1) is 15.2. The van der Waals surface area contributed by atoms with Crippen molar-refractivity contribution in [2.45, 2.75) is 0 Å². The first-order valence-corrected chi connectivity index (χ1v) is 10.1. The Labute approximate surface area is 194 Å². The van der Waals surface area contributed by atoms with Gasteiger partial charge in [-0.15, -0.1) is 0 Å². The van der Waals surface area contributed by atoms with Crippen molar-refractivity contribution in [2.75, 3.05) is 0 Å². The molecule has 3 aromatic heterocycles. The van der Waals surface area contributed by atoms with Crippen molar-refractivity contribution in [1.82, 2.24) is 19.9 Å². The van der Waals surface area contributed by atoms with Gasteiger partial charge in [-0.05, 0) is 84.5 Å². The molecule has 8 bridgehead atoms. The maximum atomic E-state index is 9.68. The van der Waals surface area contributed by atoms with Gasteiger partial charge in [0.25, 0.3) is 0 Å². The van der Waals surface area contributed by atoms with Crippen LogP contribution in [0.2, 0.25) is 0 Å². The molecule has 1 aromatic carbocycles. The number of aromatic hydroxyl groups is 1. The van der Waals surface area contributed by atoms with Gasteiger partial charge in [0.1, 0.15) is 5.75 Å². The number of aromatic nitrogens is 4. The van der Waals surface area contributed by atoms with E-state index in [4.69, 9.17) is 9.97 Å². The van der Waals surface area contributed by atoms with Crippen molar-refractivity contribution in [3.8, 4) is 16.9 Å². The number of phenols is 1. The Balaban J connectivity index is 0.00000216. The zero-order valence-corrected chi connectivity index (χ0v) is 17.7. The number of fused-ring (bicyclic) bond motifs is 8. The van der Waals surface area contributed by atoms with Crippen LogP contribution >= 0.6 is 0 Å². The molecule has 5 nitrogen and oxygen atoms in total. The summed E-state index contributed by atoms with van der Waals surface area (Å²) in [5.74, 6) is 0.247. The monoisotopic (exact) mass is 465 g/mol. The maximum Gasteiger partial charge on any atom is 0.115 e. The third kappa shape index (κ3) is 3.89. The van der Waals surface area contributed by atoms with Crippen LogP contribution in [0.1, 0.15) is 22.8 Å². The molecule has 0 spiro atoms. The van der Waals surface area contributed by atoms with Crippen LogP contribution in [0.15, 0.2) is 66.7 Å². The molecule has 2 aliphatic rings. The second kappa shape index (κ2) is 8.00. The number of nitrogens with one attached hydrogen (secondary N) is 2. The first-order valence-electron chi connectivity index (χ1n) is 10.1. The van der Waals surface area contributed by atoms with Gasteiger partial charge in [-0.1, -0.05) is 12.1 Å². The molecular formula is C26H18CuN4O. The zero-order chi connectivity index (χ0) is 20.8. The maximum absolute atomic E-state index is 9.68. The van der Waals surface area contributed by atoms with E-state index in [1.807, 2.05) is 72.8 Å². The predicted molar refractivity (Wildman–Crippen MR) is 126 cm³/mol. The van der Waals surface area contributed by atoms with E-state index >= 15 is 0 Å². The number of hydrogen-bond acceptors (Lipinski definition) is 3. The Morgan fingerprint density at radius 1 is 0.562 bits per heavy atom. The average Bonchev–Trinajstić information content (AvgIpc) is 3.54. The smallest absolute Gasteiger partial charge is 0.115 e. The second-order valence-electron chi connectivity index (χ2n) is 7.64. The molecule has 0 aliphatic carbocycles. The van der Waals surface area contributed by atoms with Crippen molar-refractivity contribution < 1.29 is 22.2 Å². The molecule has 159 valence electrons. The van der Waals surface area contributed by atoms with Crippen LogP contribution in [0.5, 0.6) is 5.75 Å². The number of hydrogen-bond donors (Lipinski definition) is 3. The van der Waals surface area contributed by atoms with E-state index in [9.17, 15) is 5.11 Å². The second-order valence-corrected chi connectivity index (χ2v) is 7.64. The first kappa shape index (κ1) is 20.1. The standard InChI is InChI=1S/C26H18N4O.Cu/c31-24-9-1-16(2-10-24)25-14-23-13-21-6-5-19(28-21)11-17-3-4-18(27-17)12-20-7-8-22(29-20)15-26(25)30-23;/h1-15,27,30-31H;. The van der Waals surface area contributed by atoms with Crippen LogP contribution in [0.3, 0.4) is 0 Å². The molecule has 0 atom stereocenters. The fourth-order valence-electron chi connectivity index (χ4n) is 3.90. The minimum atomic E-state index is 0. The van der Waals surface area contributed by atoms with Crippen LogP contribution in [0.4, 0.5) is 0 Å². The molecule has 0 saturated carbocycles. The molecule has 0 saturated heterocycles. The van der Waals surface area contributed by atoms with Gasteiger partial charge in [0.2, 0.25) is 0 Å². The van der Waals surface area contributed by atoms with E-state index in [2.05, 4.69) is 16.0 Å². The van der Waals surface area contributed by atoms with E-state index < -0.39 is 0 Å². The molecule has 0 unspecified atom stereocenters. The Morgan fingerprint density at radius 2 is 1.09 bits per heavy atom. The van der Waals surface area contributed by atoms with Gasteiger partial charge in [-0.3, -0.25) is 0 Å². The summed E-state index contributed by atoms with van der Waals surface area (Å²) in [6.45, 7) is 0. The minimum Gasteiger partial charge on any atom is -0.508 e. The average molecular weight is 466 g/mol. The summed E-state index contributed by atoms with van der Waals surface area (Å²) in [6.07, 6.45) is 8.04. The summed E-state index contributed by atoms with van der Waals surface area (Å²) in [4.78, 5) is 16.3. The number of aromatic amines is 2. The summed E-state index contributed by atoms with van der Waals surface area (Å²) in [5, 5.41) is 9.68. The van der Waals surface area contributed by atoms with Crippen LogP contribution in [0.25, 0.3) is 57.5 Å². The number of phenolic OH excluding ortho intramolecular Hbond substituents is 1. The van der Waals surface area contributed by atoms with Crippen molar-refractivity contribution in [1.29, 1.82) is 0 Å². The fraction of sp³-hybridized carbons (Fsp3) is 0. The van der Waals surface area contributed by atoms with Crippen LogP contribution < -0.4 is 0 Å². The topological polar surface area (TPSA) is 77.6 Å². The third-order valence-electron chi connectivity index (χ3n) is 5.35. The van der Waals surface area contributed by atoms with Gasteiger partial charge in [0, 0.05) is 44.7 Å². The van der Waals surface area contributed by atoms with Gasteiger partial charge in [-0.25, -0.2) is 9.97 Å². The Hall–Kier alpha value is -3.86. The van der Waals surface area contributed by atoms with E-state index in [1.165, 1.54) is 0 Å². The van der Waals surface area contributed by atoms with E-state index in [0.29, 0.717) is 0 Å². The number of rotatable bonds is 1. The number of H-pyrrole nitrogens is 2. The molecule has 0 amide bonds. The summed E-state index contributed by atoms with van der Waals surface area (Å²) in [7, 11) is 0. The van der Waals surface area contributed by atoms with E-state index in [-0.39, 0.29) is 22.8 Å². The Kier molecular flexibility index (Phi) is 5.02. The van der Waals surface area contributed by atoms with Crippen LogP contribution in [-0.2, 0) is 17.1 Å². The van der Waals surface area contributed by atoms with E-state index in [1.54, 1.807) is 12.1 Å². The Bertz CT molecular complexity index is 1540. The summed E-state index contributed by atoms with van der Waals surface area (Å²) < 4.78 is 0. The zero-order valence-electron chi connectivity index (χ0n) is 16.8. The largest absolute Gasteiger partial charge is 0.508 e. The number of benzene rings is 1. The SMILES string of the molecule is Oc1ccc(-c2cc3cc4nc(cc5ccc(cc6nc(cc2[nH]3)C=C6)[nH]5)C=C4)cc1.[Cu]. The van der Waals surface area contributed by atoms with Gasteiger partial charge in [0.15, 0.2) is 0 Å². The minimum absolute atomic E-state index is 0. The summed E-state index contributed by atoms with van der Waals surface area (Å²) >= 11 is 0. The van der Waals surface area contributed by atoms with Crippen LogP contribution in [0, 0.1) is 0 Å². The van der Waals surface area contributed by atoms with Gasteiger partial charge < -0.3 is 15.1 Å². The molecule has 1 radical (unpaired) electrons. The van der Waals surface area contributed by atoms with Gasteiger partial charge in [-0.2, -0.15) is 0 Å². The molecule has 4 aromatic rings. The van der Waals surface area contributed by atoms with Crippen molar-refractivity contribution in [3.05, 3.63) is 89.5 Å². The summed E-state index contributed by atoms with van der Waals surface area (Å²) in [5.41, 5.74) is 9.50. The fourth-order valence-corrected chi connectivity index (χ4v) is 3.90. The molecular weight excluding hydrogens is 448 g/mol. The van der Waals surface area contributed by atoms with Gasteiger partial charge in [0.05, 0.1) is 22.8 Å². The number of nitrogens with zero attached hydrogens (tertiary/aromatic N) is 2. The molecule has 2 aliphatic heterocycles. The Morgan fingerprint density at radius 3 is 1.69 bits per heavy atom. The van der Waals surface area contributed by atoms with Crippen LogP contribution in [-0.4, -0.2) is 25.0 Å². The van der Waals surface area contributed by atoms with Crippen molar-refractivity contribution in [2.24, 2.45) is 0 Å². The molecule has 32 heavy (non-hydrogen) atoms. The van der Waals surface area contributed by atoms with Gasteiger partial charge >= 0.3 is 0 Å². The molecule has 6 heteroatoms. The normalized spacial score (nSPS) is 12.0. The molecule has 6 rings (SSSR count). The molecule has 0 fully saturated rings. The molecule has 3 N–H and O–H groups in total. The van der Waals surface area contributed by atoms with E-state index in [0.717, 1.165) is 56.0 Å². The third-order valence-corrected chi connectivity index (χ3v) is 5.35. The summed E-state index contributed by atoms with van der Waals surface area (Å²) in [6, 6.07) is 21.5. The predicted octanol–water partition coefficient (Wildman–Crippen LogP) is 6.03. The van der Waals surface area contributed by atoms with Crippen molar-refractivity contribution >= 4 is 46.4 Å². The molecule has 5 heterocycles. The quantitative estimate of drug-likeness (QED) is 0.259.